The van der Waals surface area contributed by atoms with Gasteiger partial charge in [0.25, 0.3) is 5.91 Å². The molecule has 38 heavy (non-hydrogen) atoms. The Balaban J connectivity index is 1.26. The second-order valence-corrected chi connectivity index (χ2v) is 10.3. The van der Waals surface area contributed by atoms with E-state index >= 15 is 0 Å². The Kier molecular flexibility index (Phi) is 5.08. The van der Waals surface area contributed by atoms with Gasteiger partial charge in [-0.15, -0.1) is 0 Å². The molecule has 1 heterocycles. The summed E-state index contributed by atoms with van der Waals surface area (Å²) in [6.07, 6.45) is 0.795. The number of carbonyl (C=O) groups excluding carboxylic acids is 3. The molecule has 0 aromatic heterocycles. The van der Waals surface area contributed by atoms with Gasteiger partial charge in [-0.3, -0.25) is 14.4 Å². The van der Waals surface area contributed by atoms with Crippen LogP contribution in [0.15, 0.2) is 97.1 Å². The number of amides is 3. The van der Waals surface area contributed by atoms with E-state index in [2.05, 4.69) is 29.6 Å². The lowest BCUT2D eigenvalue weighted by atomic mass is 9.55. The van der Waals surface area contributed by atoms with Gasteiger partial charge in [-0.1, -0.05) is 79.7 Å². The van der Waals surface area contributed by atoms with Gasteiger partial charge in [-0.25, -0.2) is 4.90 Å². The van der Waals surface area contributed by atoms with Crippen LogP contribution in [-0.4, -0.2) is 17.7 Å². The first-order valence-electron chi connectivity index (χ1n) is 13.1. The van der Waals surface area contributed by atoms with Crippen molar-refractivity contribution in [3.8, 4) is 0 Å². The molecule has 3 aliphatic carbocycles. The van der Waals surface area contributed by atoms with E-state index in [0.717, 1.165) is 39.9 Å². The standard InChI is InChI=1S/C33H26N2O3/c1-2-19-10-3-8-17-26(19)34-31(36)20-11-9-12-21(18-20)35-32(37)29-27-22-13-4-5-14-23(22)28(30(29)33(35)38)25-16-7-6-15-24(25)27/h3-18,27-30H,2H2,1H3,(H,34,36)/t27?,28?,29-,30+. The van der Waals surface area contributed by atoms with Crippen LogP contribution in [-0.2, 0) is 16.0 Å². The average molecular weight is 499 g/mol. The molecule has 1 aliphatic heterocycles. The van der Waals surface area contributed by atoms with Crippen molar-refractivity contribution in [3.63, 3.8) is 0 Å². The van der Waals surface area contributed by atoms with Crippen molar-refractivity contribution in [1.82, 2.24) is 0 Å². The molecule has 1 N–H and O–H groups in total. The Morgan fingerprint density at radius 1 is 0.711 bits per heavy atom. The number of aryl methyl sites for hydroxylation is 1. The number of hydrogen-bond acceptors (Lipinski definition) is 3. The third kappa shape index (κ3) is 3.14. The number of hydrogen-bond donors (Lipinski definition) is 1. The molecule has 2 bridgehead atoms. The summed E-state index contributed by atoms with van der Waals surface area (Å²) in [6.45, 7) is 2.04. The molecule has 186 valence electrons. The van der Waals surface area contributed by atoms with Crippen molar-refractivity contribution >= 4 is 29.1 Å². The lowest BCUT2D eigenvalue weighted by Gasteiger charge is -2.45. The highest BCUT2D eigenvalue weighted by molar-refractivity contribution is 6.23. The van der Waals surface area contributed by atoms with Gasteiger partial charge < -0.3 is 5.32 Å². The average Bonchev–Trinajstić information content (AvgIpc) is 3.23. The van der Waals surface area contributed by atoms with E-state index in [1.165, 1.54) is 4.90 Å². The molecule has 8 rings (SSSR count). The first-order valence-corrected chi connectivity index (χ1v) is 13.1. The van der Waals surface area contributed by atoms with Crippen molar-refractivity contribution in [2.75, 3.05) is 10.2 Å². The van der Waals surface area contributed by atoms with Gasteiger partial charge >= 0.3 is 0 Å². The molecule has 3 amide bonds. The third-order valence-corrected chi connectivity index (χ3v) is 8.46. The number of nitrogens with zero attached hydrogens (tertiary/aromatic N) is 1. The first kappa shape index (κ1) is 22.7. The predicted octanol–water partition coefficient (Wildman–Crippen LogP) is 5.90. The summed E-state index contributed by atoms with van der Waals surface area (Å²) in [5.74, 6) is -1.87. The molecule has 0 radical (unpaired) electrons. The Bertz CT molecular complexity index is 1530. The number of rotatable bonds is 4. The van der Waals surface area contributed by atoms with Crippen LogP contribution in [0.4, 0.5) is 11.4 Å². The number of benzene rings is 4. The van der Waals surface area contributed by atoms with Crippen LogP contribution in [0.5, 0.6) is 0 Å². The van der Waals surface area contributed by atoms with Crippen molar-refractivity contribution in [1.29, 1.82) is 0 Å². The van der Waals surface area contributed by atoms with Crippen molar-refractivity contribution < 1.29 is 14.4 Å². The van der Waals surface area contributed by atoms with E-state index in [-0.39, 0.29) is 29.6 Å². The Morgan fingerprint density at radius 2 is 1.24 bits per heavy atom. The summed E-state index contributed by atoms with van der Waals surface area (Å²) < 4.78 is 0. The molecule has 0 spiro atoms. The maximum absolute atomic E-state index is 14.0. The minimum absolute atomic E-state index is 0.157. The smallest absolute Gasteiger partial charge is 0.255 e. The molecule has 4 aromatic rings. The SMILES string of the molecule is CCc1ccccc1NC(=O)c1cccc(N2C(=O)[C@@H]3C4c5ccccc5C(c5ccccc54)[C@@H]3C2=O)c1. The van der Waals surface area contributed by atoms with Gasteiger partial charge in [0.2, 0.25) is 11.8 Å². The lowest BCUT2D eigenvalue weighted by molar-refractivity contribution is -0.122. The number of imide groups is 1. The van der Waals surface area contributed by atoms with Gasteiger partial charge in [0.1, 0.15) is 0 Å². The molecular weight excluding hydrogens is 472 g/mol. The highest BCUT2D eigenvalue weighted by atomic mass is 16.2. The van der Waals surface area contributed by atoms with E-state index < -0.39 is 11.8 Å². The summed E-state index contributed by atoms with van der Waals surface area (Å²) >= 11 is 0. The summed E-state index contributed by atoms with van der Waals surface area (Å²) in [6, 6.07) is 31.0. The second kappa shape index (κ2) is 8.52. The van der Waals surface area contributed by atoms with Crippen LogP contribution in [0.3, 0.4) is 0 Å². The zero-order chi connectivity index (χ0) is 26.0. The van der Waals surface area contributed by atoms with Gasteiger partial charge in [0, 0.05) is 23.1 Å². The summed E-state index contributed by atoms with van der Waals surface area (Å²) in [5.41, 5.74) is 7.21. The van der Waals surface area contributed by atoms with Crippen LogP contribution < -0.4 is 10.2 Å². The van der Waals surface area contributed by atoms with Crippen molar-refractivity contribution in [2.24, 2.45) is 11.8 Å². The fraction of sp³-hybridized carbons (Fsp3) is 0.182. The number of carbonyl (C=O) groups is 3. The molecule has 4 aliphatic rings. The predicted molar refractivity (Wildman–Crippen MR) is 146 cm³/mol. The van der Waals surface area contributed by atoms with E-state index in [1.807, 2.05) is 55.5 Å². The fourth-order valence-electron chi connectivity index (χ4n) is 6.86. The van der Waals surface area contributed by atoms with E-state index in [0.29, 0.717) is 11.3 Å². The van der Waals surface area contributed by atoms with Crippen LogP contribution in [0, 0.1) is 11.8 Å². The molecule has 0 saturated carbocycles. The first-order chi connectivity index (χ1) is 18.6. The molecular formula is C33H26N2O3. The van der Waals surface area contributed by atoms with Crippen LogP contribution >= 0.6 is 0 Å². The lowest BCUT2D eigenvalue weighted by Crippen LogP contribution is -2.41. The largest absolute Gasteiger partial charge is 0.322 e. The number of nitrogens with one attached hydrogen (secondary N) is 1. The van der Waals surface area contributed by atoms with Gasteiger partial charge in [0.05, 0.1) is 17.5 Å². The number of anilines is 2. The highest BCUT2D eigenvalue weighted by Gasteiger charge is 2.61. The third-order valence-electron chi connectivity index (χ3n) is 8.46. The van der Waals surface area contributed by atoms with E-state index in [4.69, 9.17) is 0 Å². The molecule has 5 nitrogen and oxygen atoms in total. The summed E-state index contributed by atoms with van der Waals surface area (Å²) in [7, 11) is 0. The van der Waals surface area contributed by atoms with Crippen LogP contribution in [0.2, 0.25) is 0 Å². The fourth-order valence-corrected chi connectivity index (χ4v) is 6.86. The maximum Gasteiger partial charge on any atom is 0.255 e. The molecule has 2 atom stereocenters. The zero-order valence-electron chi connectivity index (χ0n) is 20.9. The number of para-hydroxylation sites is 1. The molecule has 1 fully saturated rings. The Morgan fingerprint density at radius 3 is 1.79 bits per heavy atom. The van der Waals surface area contributed by atoms with Gasteiger partial charge in [-0.05, 0) is 58.5 Å². The monoisotopic (exact) mass is 498 g/mol. The minimum Gasteiger partial charge on any atom is -0.322 e. The highest BCUT2D eigenvalue weighted by Crippen LogP contribution is 2.61. The quantitative estimate of drug-likeness (QED) is 0.357. The minimum atomic E-state index is -0.453. The summed E-state index contributed by atoms with van der Waals surface area (Å²) in [5, 5.41) is 2.99. The Hall–Kier alpha value is -4.51. The van der Waals surface area contributed by atoms with E-state index in [9.17, 15) is 14.4 Å². The van der Waals surface area contributed by atoms with Crippen molar-refractivity contribution in [3.05, 3.63) is 130 Å². The Labute approximate surface area is 221 Å². The topological polar surface area (TPSA) is 66.5 Å². The summed E-state index contributed by atoms with van der Waals surface area (Å²) in [4.78, 5) is 42.5. The maximum atomic E-state index is 14.0. The molecule has 0 unspecified atom stereocenters. The van der Waals surface area contributed by atoms with Gasteiger partial charge in [0.15, 0.2) is 0 Å². The van der Waals surface area contributed by atoms with E-state index in [1.54, 1.807) is 24.3 Å². The molecule has 4 aromatic carbocycles. The molecule has 5 heteroatoms. The van der Waals surface area contributed by atoms with Crippen molar-refractivity contribution in [2.45, 2.75) is 25.2 Å². The van der Waals surface area contributed by atoms with Crippen LogP contribution in [0.25, 0.3) is 0 Å². The second-order valence-electron chi connectivity index (χ2n) is 10.3. The zero-order valence-corrected chi connectivity index (χ0v) is 20.9. The molecule has 1 saturated heterocycles. The van der Waals surface area contributed by atoms with Gasteiger partial charge in [-0.2, -0.15) is 0 Å². The normalized spacial score (nSPS) is 22.6. The van der Waals surface area contributed by atoms with Crippen LogP contribution in [0.1, 0.15) is 56.9 Å².